The molecule has 4 nitrogen and oxygen atoms in total. The molecule has 1 amide bonds. The standard InChI is InChI=1S/C14H20N2O2/c1-9(2)8-16-13-11(15-4)6-5-7-12(13)18-10(3)14(16)17/h5-7,9-10,15H,8H2,1-4H3. The number of nitrogens with one attached hydrogen (secondary N) is 1. The minimum Gasteiger partial charge on any atom is -0.479 e. The third-order valence-electron chi connectivity index (χ3n) is 3.00. The summed E-state index contributed by atoms with van der Waals surface area (Å²) in [4.78, 5) is 14.1. The number of hydrogen-bond acceptors (Lipinski definition) is 3. The van der Waals surface area contributed by atoms with Crippen LogP contribution in [0.1, 0.15) is 20.8 Å². The molecular formula is C14H20N2O2. The summed E-state index contributed by atoms with van der Waals surface area (Å²) in [5, 5.41) is 3.12. The first-order valence-corrected chi connectivity index (χ1v) is 6.33. The number of carbonyl (C=O) groups is 1. The molecule has 1 atom stereocenters. The zero-order valence-electron chi connectivity index (χ0n) is 11.4. The van der Waals surface area contributed by atoms with Crippen LogP contribution in [-0.4, -0.2) is 25.6 Å². The fourth-order valence-corrected chi connectivity index (χ4v) is 2.21. The quantitative estimate of drug-likeness (QED) is 0.893. The van der Waals surface area contributed by atoms with Crippen molar-refractivity contribution in [1.82, 2.24) is 0 Å². The summed E-state index contributed by atoms with van der Waals surface area (Å²) in [5.41, 5.74) is 1.78. The van der Waals surface area contributed by atoms with Gasteiger partial charge in [0.25, 0.3) is 5.91 Å². The van der Waals surface area contributed by atoms with E-state index >= 15 is 0 Å². The average Bonchev–Trinajstić information content (AvgIpc) is 2.33. The van der Waals surface area contributed by atoms with E-state index in [4.69, 9.17) is 4.74 Å². The molecule has 0 saturated carbocycles. The molecule has 0 spiro atoms. The number of amides is 1. The van der Waals surface area contributed by atoms with Gasteiger partial charge in [-0.25, -0.2) is 0 Å². The van der Waals surface area contributed by atoms with E-state index in [0.29, 0.717) is 12.5 Å². The molecule has 1 N–H and O–H groups in total. The van der Waals surface area contributed by atoms with Crippen molar-refractivity contribution in [2.24, 2.45) is 5.92 Å². The minimum absolute atomic E-state index is 0.0268. The summed E-state index contributed by atoms with van der Waals surface area (Å²) in [5.74, 6) is 1.21. The monoisotopic (exact) mass is 248 g/mol. The summed E-state index contributed by atoms with van der Waals surface area (Å²) < 4.78 is 5.67. The zero-order valence-corrected chi connectivity index (χ0v) is 11.4. The van der Waals surface area contributed by atoms with Crippen LogP contribution in [0.25, 0.3) is 0 Å². The Morgan fingerprint density at radius 2 is 2.17 bits per heavy atom. The minimum atomic E-state index is -0.414. The lowest BCUT2D eigenvalue weighted by Gasteiger charge is -2.35. The molecule has 0 saturated heterocycles. The van der Waals surface area contributed by atoms with Crippen molar-refractivity contribution in [2.75, 3.05) is 23.8 Å². The largest absolute Gasteiger partial charge is 0.479 e. The van der Waals surface area contributed by atoms with Gasteiger partial charge in [0.1, 0.15) is 11.4 Å². The Labute approximate surface area is 108 Å². The topological polar surface area (TPSA) is 41.6 Å². The molecule has 1 aliphatic rings. The molecular weight excluding hydrogens is 228 g/mol. The van der Waals surface area contributed by atoms with Gasteiger partial charge in [0, 0.05) is 13.6 Å². The molecule has 0 radical (unpaired) electrons. The highest BCUT2D eigenvalue weighted by molar-refractivity contribution is 6.03. The number of anilines is 2. The molecule has 0 aromatic heterocycles. The van der Waals surface area contributed by atoms with Gasteiger partial charge in [0.05, 0.1) is 5.69 Å². The number of hydrogen-bond donors (Lipinski definition) is 1. The second kappa shape index (κ2) is 4.88. The number of ether oxygens (including phenoxy) is 1. The van der Waals surface area contributed by atoms with Crippen molar-refractivity contribution in [2.45, 2.75) is 26.9 Å². The van der Waals surface area contributed by atoms with Crippen LogP contribution < -0.4 is 15.0 Å². The molecule has 0 fully saturated rings. The van der Waals surface area contributed by atoms with Crippen molar-refractivity contribution in [3.8, 4) is 5.75 Å². The Kier molecular flexibility index (Phi) is 3.45. The van der Waals surface area contributed by atoms with Crippen molar-refractivity contribution in [3.63, 3.8) is 0 Å². The van der Waals surface area contributed by atoms with Crippen LogP contribution in [0.5, 0.6) is 5.75 Å². The molecule has 4 heteroatoms. The van der Waals surface area contributed by atoms with Gasteiger partial charge in [0.15, 0.2) is 6.10 Å². The van der Waals surface area contributed by atoms with Crippen LogP contribution in [0.15, 0.2) is 18.2 Å². The van der Waals surface area contributed by atoms with E-state index in [1.165, 1.54) is 0 Å². The fourth-order valence-electron chi connectivity index (χ4n) is 2.21. The molecule has 0 bridgehead atoms. The highest BCUT2D eigenvalue weighted by Crippen LogP contribution is 2.40. The molecule has 1 aromatic rings. The number of nitrogens with zero attached hydrogens (tertiary/aromatic N) is 1. The molecule has 0 aliphatic carbocycles. The van der Waals surface area contributed by atoms with Crippen molar-refractivity contribution in [1.29, 1.82) is 0 Å². The van der Waals surface area contributed by atoms with E-state index in [2.05, 4.69) is 19.2 Å². The van der Waals surface area contributed by atoms with E-state index in [-0.39, 0.29) is 5.91 Å². The van der Waals surface area contributed by atoms with Crippen molar-refractivity contribution in [3.05, 3.63) is 18.2 Å². The predicted molar refractivity (Wildman–Crippen MR) is 73.3 cm³/mol. The van der Waals surface area contributed by atoms with E-state index in [9.17, 15) is 4.79 Å². The molecule has 1 aromatic carbocycles. The third kappa shape index (κ3) is 2.15. The van der Waals surface area contributed by atoms with Crippen LogP contribution in [-0.2, 0) is 4.79 Å². The zero-order chi connectivity index (χ0) is 13.3. The maximum Gasteiger partial charge on any atom is 0.267 e. The number of rotatable bonds is 3. The van der Waals surface area contributed by atoms with E-state index in [1.807, 2.05) is 30.1 Å². The molecule has 1 heterocycles. The van der Waals surface area contributed by atoms with E-state index in [0.717, 1.165) is 17.1 Å². The van der Waals surface area contributed by atoms with Crippen molar-refractivity contribution < 1.29 is 9.53 Å². The van der Waals surface area contributed by atoms with Gasteiger partial charge in [-0.1, -0.05) is 19.9 Å². The Morgan fingerprint density at radius 1 is 1.44 bits per heavy atom. The number of fused-ring (bicyclic) bond motifs is 1. The smallest absolute Gasteiger partial charge is 0.267 e. The first-order chi connectivity index (χ1) is 8.54. The Balaban J connectivity index is 2.49. The van der Waals surface area contributed by atoms with Crippen LogP contribution in [0.3, 0.4) is 0 Å². The SMILES string of the molecule is CNc1cccc2c1N(CC(C)C)C(=O)C(C)O2. The molecule has 2 rings (SSSR count). The second-order valence-corrected chi connectivity index (χ2v) is 5.01. The number of carbonyl (C=O) groups excluding carboxylic acids is 1. The Bertz CT molecular complexity index is 457. The molecule has 98 valence electrons. The van der Waals surface area contributed by atoms with Crippen LogP contribution in [0.4, 0.5) is 11.4 Å². The lowest BCUT2D eigenvalue weighted by atomic mass is 10.1. The van der Waals surface area contributed by atoms with Crippen LogP contribution >= 0.6 is 0 Å². The summed E-state index contributed by atoms with van der Waals surface area (Å²) in [6.45, 7) is 6.72. The summed E-state index contributed by atoms with van der Waals surface area (Å²) >= 11 is 0. The van der Waals surface area contributed by atoms with E-state index in [1.54, 1.807) is 6.92 Å². The lowest BCUT2D eigenvalue weighted by Crippen LogP contribution is -2.46. The Hall–Kier alpha value is -1.71. The fraction of sp³-hybridized carbons (Fsp3) is 0.500. The molecule has 1 aliphatic heterocycles. The third-order valence-corrected chi connectivity index (χ3v) is 3.00. The van der Waals surface area contributed by atoms with Gasteiger partial charge in [-0.05, 0) is 25.0 Å². The summed E-state index contributed by atoms with van der Waals surface area (Å²) in [6, 6.07) is 5.80. The Morgan fingerprint density at radius 3 is 2.78 bits per heavy atom. The van der Waals surface area contributed by atoms with Gasteiger partial charge in [-0.15, -0.1) is 0 Å². The second-order valence-electron chi connectivity index (χ2n) is 5.01. The average molecular weight is 248 g/mol. The summed E-state index contributed by atoms with van der Waals surface area (Å²) in [7, 11) is 1.85. The van der Waals surface area contributed by atoms with Crippen LogP contribution in [0, 0.1) is 5.92 Å². The van der Waals surface area contributed by atoms with Crippen LogP contribution in [0.2, 0.25) is 0 Å². The lowest BCUT2D eigenvalue weighted by molar-refractivity contribution is -0.125. The van der Waals surface area contributed by atoms with Gasteiger partial charge < -0.3 is 15.0 Å². The molecule has 1 unspecified atom stereocenters. The first-order valence-electron chi connectivity index (χ1n) is 6.33. The highest BCUT2D eigenvalue weighted by atomic mass is 16.5. The highest BCUT2D eigenvalue weighted by Gasteiger charge is 2.33. The predicted octanol–water partition coefficient (Wildman–Crippen LogP) is 2.50. The van der Waals surface area contributed by atoms with Gasteiger partial charge in [0.2, 0.25) is 0 Å². The molecule has 18 heavy (non-hydrogen) atoms. The first kappa shape index (κ1) is 12.7. The number of benzene rings is 1. The van der Waals surface area contributed by atoms with Gasteiger partial charge >= 0.3 is 0 Å². The maximum atomic E-state index is 12.3. The van der Waals surface area contributed by atoms with Crippen molar-refractivity contribution >= 4 is 17.3 Å². The van der Waals surface area contributed by atoms with Gasteiger partial charge in [-0.2, -0.15) is 0 Å². The van der Waals surface area contributed by atoms with E-state index < -0.39 is 6.10 Å². The van der Waals surface area contributed by atoms with Gasteiger partial charge in [-0.3, -0.25) is 4.79 Å². The maximum absolute atomic E-state index is 12.3. The summed E-state index contributed by atoms with van der Waals surface area (Å²) in [6.07, 6.45) is -0.414. The normalized spacial score (nSPS) is 18.6. The number of para-hydroxylation sites is 1.